The lowest BCUT2D eigenvalue weighted by atomic mass is 9.67. The number of nitrogens with one attached hydrogen (secondary N) is 1. The zero-order valence-corrected chi connectivity index (χ0v) is 16.0. The van der Waals surface area contributed by atoms with Crippen LogP contribution in [-0.4, -0.2) is 57.5 Å². The number of rotatable bonds is 3. The number of piperidine rings is 2. The van der Waals surface area contributed by atoms with Crippen molar-refractivity contribution in [3.63, 3.8) is 0 Å². The molecule has 1 aliphatic carbocycles. The molecule has 6 heteroatoms. The van der Waals surface area contributed by atoms with Crippen molar-refractivity contribution in [1.29, 1.82) is 0 Å². The summed E-state index contributed by atoms with van der Waals surface area (Å²) in [6.45, 7) is 2.34. The number of likely N-dealkylation sites (tertiary alicyclic amines) is 2. The lowest BCUT2D eigenvalue weighted by molar-refractivity contribution is -0.142. The highest BCUT2D eigenvalue weighted by molar-refractivity contribution is 5.92. The van der Waals surface area contributed by atoms with E-state index in [9.17, 15) is 9.59 Å². The number of aromatic nitrogens is 2. The zero-order valence-electron chi connectivity index (χ0n) is 16.0. The highest BCUT2D eigenvalue weighted by atomic mass is 16.2. The third-order valence-corrected chi connectivity index (χ3v) is 6.76. The summed E-state index contributed by atoms with van der Waals surface area (Å²) in [7, 11) is 0. The van der Waals surface area contributed by atoms with Gasteiger partial charge in [-0.05, 0) is 49.1 Å². The Morgan fingerprint density at radius 1 is 1.11 bits per heavy atom. The Balaban J connectivity index is 1.35. The normalized spacial score (nSPS) is 24.6. The molecule has 3 aliphatic rings. The van der Waals surface area contributed by atoms with Gasteiger partial charge < -0.3 is 9.80 Å². The smallest absolute Gasteiger partial charge is 0.271 e. The van der Waals surface area contributed by atoms with Gasteiger partial charge in [0.25, 0.3) is 5.91 Å². The van der Waals surface area contributed by atoms with Gasteiger partial charge in [-0.15, -0.1) is 0 Å². The average molecular weight is 378 g/mol. The van der Waals surface area contributed by atoms with Gasteiger partial charge >= 0.3 is 0 Å². The summed E-state index contributed by atoms with van der Waals surface area (Å²) >= 11 is 0. The third kappa shape index (κ3) is 3.11. The molecule has 2 aliphatic heterocycles. The molecule has 2 aromatic rings. The molecule has 1 saturated carbocycles. The first-order valence-corrected chi connectivity index (χ1v) is 10.3. The molecule has 3 fully saturated rings. The molecule has 0 radical (unpaired) electrons. The highest BCUT2D eigenvalue weighted by Crippen LogP contribution is 2.48. The standard InChI is InChI=1S/C22H26N4O2/c27-20-18(16-4-2-1-3-5-16)14-22(15-26(20)17-6-7-17)9-12-25(13-10-22)21(28)19-8-11-23-24-19/h1-5,8,11,17-18H,6-7,9-10,12-15H2,(H,23,24). The van der Waals surface area contributed by atoms with Gasteiger partial charge in [-0.2, -0.15) is 5.10 Å². The Kier molecular flexibility index (Phi) is 4.22. The van der Waals surface area contributed by atoms with Crippen LogP contribution in [0.4, 0.5) is 0 Å². The fourth-order valence-electron chi connectivity index (χ4n) is 4.96. The van der Waals surface area contributed by atoms with Gasteiger partial charge in [0, 0.05) is 31.9 Å². The molecule has 2 saturated heterocycles. The topological polar surface area (TPSA) is 69.3 Å². The van der Waals surface area contributed by atoms with Crippen LogP contribution in [0, 0.1) is 5.41 Å². The molecule has 146 valence electrons. The Hall–Kier alpha value is -2.63. The second kappa shape index (κ2) is 6.76. The van der Waals surface area contributed by atoms with Crippen LogP contribution in [0.25, 0.3) is 0 Å². The van der Waals surface area contributed by atoms with Crippen LogP contribution in [0.1, 0.15) is 54.1 Å². The van der Waals surface area contributed by atoms with E-state index < -0.39 is 0 Å². The molecule has 1 aromatic carbocycles. The fraction of sp³-hybridized carbons (Fsp3) is 0.500. The number of carbonyl (C=O) groups excluding carboxylic acids is 2. The largest absolute Gasteiger partial charge is 0.339 e. The van der Waals surface area contributed by atoms with E-state index in [0.29, 0.717) is 17.6 Å². The van der Waals surface area contributed by atoms with Crippen molar-refractivity contribution in [2.45, 2.75) is 44.1 Å². The van der Waals surface area contributed by atoms with E-state index in [-0.39, 0.29) is 17.2 Å². The first kappa shape index (κ1) is 17.5. The van der Waals surface area contributed by atoms with E-state index in [4.69, 9.17) is 0 Å². The molecule has 28 heavy (non-hydrogen) atoms. The van der Waals surface area contributed by atoms with Gasteiger partial charge in [0.1, 0.15) is 5.69 Å². The summed E-state index contributed by atoms with van der Waals surface area (Å²) in [5, 5.41) is 6.67. The zero-order chi connectivity index (χ0) is 19.1. The van der Waals surface area contributed by atoms with Crippen molar-refractivity contribution in [2.75, 3.05) is 19.6 Å². The molecule has 1 N–H and O–H groups in total. The number of benzene rings is 1. The maximum atomic E-state index is 13.2. The van der Waals surface area contributed by atoms with Crippen LogP contribution >= 0.6 is 0 Å². The summed E-state index contributed by atoms with van der Waals surface area (Å²) in [6, 6.07) is 12.4. The van der Waals surface area contributed by atoms with Crippen LogP contribution in [0.5, 0.6) is 0 Å². The lowest BCUT2D eigenvalue weighted by Gasteiger charge is -2.50. The van der Waals surface area contributed by atoms with Gasteiger partial charge in [-0.3, -0.25) is 14.7 Å². The number of hydrogen-bond acceptors (Lipinski definition) is 3. The Labute approximate surface area is 164 Å². The molecule has 1 atom stereocenters. The monoisotopic (exact) mass is 378 g/mol. The minimum Gasteiger partial charge on any atom is -0.339 e. The third-order valence-electron chi connectivity index (χ3n) is 6.76. The Morgan fingerprint density at radius 3 is 2.50 bits per heavy atom. The van der Waals surface area contributed by atoms with E-state index in [1.54, 1.807) is 12.3 Å². The molecule has 1 spiro atoms. The van der Waals surface area contributed by atoms with Crippen molar-refractivity contribution in [3.05, 3.63) is 53.9 Å². The van der Waals surface area contributed by atoms with Gasteiger partial charge in [-0.25, -0.2) is 0 Å². The number of hydrogen-bond donors (Lipinski definition) is 1. The van der Waals surface area contributed by atoms with E-state index in [1.807, 2.05) is 23.1 Å². The number of H-pyrrole nitrogens is 1. The predicted octanol–water partition coefficient (Wildman–Crippen LogP) is 2.81. The molecule has 5 rings (SSSR count). The van der Waals surface area contributed by atoms with Crippen LogP contribution in [-0.2, 0) is 4.79 Å². The highest BCUT2D eigenvalue weighted by Gasteiger charge is 2.49. The van der Waals surface area contributed by atoms with Crippen molar-refractivity contribution in [2.24, 2.45) is 5.41 Å². The summed E-state index contributed by atoms with van der Waals surface area (Å²) in [6.07, 6.45) is 6.68. The molecular formula is C22H26N4O2. The maximum absolute atomic E-state index is 13.2. The summed E-state index contributed by atoms with van der Waals surface area (Å²) < 4.78 is 0. The second-order valence-corrected chi connectivity index (χ2v) is 8.63. The Bertz CT molecular complexity index is 852. The summed E-state index contributed by atoms with van der Waals surface area (Å²) in [5.41, 5.74) is 1.80. The molecule has 0 bridgehead atoms. The molecule has 6 nitrogen and oxygen atoms in total. The van der Waals surface area contributed by atoms with Gasteiger partial charge in [-0.1, -0.05) is 30.3 Å². The fourth-order valence-corrected chi connectivity index (χ4v) is 4.96. The molecular weight excluding hydrogens is 352 g/mol. The Morgan fingerprint density at radius 2 is 1.86 bits per heavy atom. The molecule has 1 unspecified atom stereocenters. The van der Waals surface area contributed by atoms with E-state index in [2.05, 4.69) is 27.2 Å². The maximum Gasteiger partial charge on any atom is 0.271 e. The SMILES string of the molecule is O=C(c1ccn[nH]1)N1CCC2(CC1)CC(c1ccccc1)C(=O)N(C1CC1)C2. The quantitative estimate of drug-likeness (QED) is 0.893. The van der Waals surface area contributed by atoms with Gasteiger partial charge in [0.15, 0.2) is 0 Å². The minimum atomic E-state index is -0.0505. The van der Waals surface area contributed by atoms with Crippen LogP contribution in [0.3, 0.4) is 0 Å². The number of amides is 2. The minimum absolute atomic E-state index is 0.0258. The number of nitrogens with zero attached hydrogens (tertiary/aromatic N) is 3. The summed E-state index contributed by atoms with van der Waals surface area (Å²) in [4.78, 5) is 29.9. The van der Waals surface area contributed by atoms with Crippen LogP contribution in [0.15, 0.2) is 42.6 Å². The first-order valence-electron chi connectivity index (χ1n) is 10.3. The van der Waals surface area contributed by atoms with Crippen molar-refractivity contribution in [1.82, 2.24) is 20.0 Å². The van der Waals surface area contributed by atoms with E-state index in [0.717, 1.165) is 57.3 Å². The van der Waals surface area contributed by atoms with Gasteiger partial charge in [0.2, 0.25) is 5.91 Å². The van der Waals surface area contributed by atoms with E-state index in [1.165, 1.54) is 0 Å². The molecule has 2 amide bonds. The summed E-state index contributed by atoms with van der Waals surface area (Å²) in [5.74, 6) is 0.276. The number of aromatic amines is 1. The number of carbonyl (C=O) groups is 2. The molecule has 3 heterocycles. The van der Waals surface area contributed by atoms with E-state index >= 15 is 0 Å². The van der Waals surface area contributed by atoms with Crippen molar-refractivity contribution >= 4 is 11.8 Å². The second-order valence-electron chi connectivity index (χ2n) is 8.63. The average Bonchev–Trinajstić information content (AvgIpc) is 3.43. The van der Waals surface area contributed by atoms with Crippen LogP contribution in [0.2, 0.25) is 0 Å². The predicted molar refractivity (Wildman–Crippen MR) is 105 cm³/mol. The van der Waals surface area contributed by atoms with Crippen LogP contribution < -0.4 is 0 Å². The molecule has 1 aromatic heterocycles. The first-order chi connectivity index (χ1) is 13.7. The van der Waals surface area contributed by atoms with Gasteiger partial charge in [0.05, 0.1) is 5.92 Å². The van der Waals surface area contributed by atoms with Crippen molar-refractivity contribution < 1.29 is 9.59 Å². The van der Waals surface area contributed by atoms with Crippen molar-refractivity contribution in [3.8, 4) is 0 Å². The lowest BCUT2D eigenvalue weighted by Crippen LogP contribution is -2.55.